The van der Waals surface area contributed by atoms with Crippen molar-refractivity contribution in [2.45, 2.75) is 17.1 Å². The van der Waals surface area contributed by atoms with Gasteiger partial charge >= 0.3 is 6.03 Å². The summed E-state index contributed by atoms with van der Waals surface area (Å²) < 4.78 is 0. The summed E-state index contributed by atoms with van der Waals surface area (Å²) in [5.74, 6) is -0.0914. The van der Waals surface area contributed by atoms with Crippen LogP contribution in [0.2, 0.25) is 0 Å². The van der Waals surface area contributed by atoms with Gasteiger partial charge in [0.15, 0.2) is 0 Å². The molecule has 0 spiro atoms. The highest BCUT2D eigenvalue weighted by atomic mass is 32.2. The summed E-state index contributed by atoms with van der Waals surface area (Å²) in [5.41, 5.74) is 4.16. The lowest BCUT2D eigenvalue weighted by Crippen LogP contribution is -2.19. The third-order valence-electron chi connectivity index (χ3n) is 5.02. The summed E-state index contributed by atoms with van der Waals surface area (Å²) in [6.07, 6.45) is 0. The lowest BCUT2D eigenvalue weighted by Gasteiger charge is -2.17. The summed E-state index contributed by atoms with van der Waals surface area (Å²) in [4.78, 5) is 26.4. The molecule has 0 aliphatic carbocycles. The lowest BCUT2D eigenvalue weighted by atomic mass is 10.1. The largest absolute Gasteiger partial charge is 0.325 e. The molecule has 4 rings (SSSR count). The van der Waals surface area contributed by atoms with Crippen molar-refractivity contribution in [1.29, 1.82) is 0 Å². The zero-order valence-electron chi connectivity index (χ0n) is 18.7. The number of carbonyl (C=O) groups excluding carboxylic acids is 2. The van der Waals surface area contributed by atoms with Crippen LogP contribution in [-0.4, -0.2) is 11.9 Å². The van der Waals surface area contributed by atoms with Gasteiger partial charge in [0.1, 0.15) is 5.25 Å². The van der Waals surface area contributed by atoms with E-state index in [0.717, 1.165) is 27.4 Å². The van der Waals surface area contributed by atoms with E-state index in [1.807, 2.05) is 116 Å². The summed E-state index contributed by atoms with van der Waals surface area (Å²) in [7, 11) is 0. The summed E-state index contributed by atoms with van der Waals surface area (Å²) in [5, 5.41) is 8.23. The minimum Gasteiger partial charge on any atom is -0.325 e. The maximum Gasteiger partial charge on any atom is 0.323 e. The first-order valence-corrected chi connectivity index (χ1v) is 11.8. The molecule has 6 heteroatoms. The number of nitrogens with one attached hydrogen (secondary N) is 3. The van der Waals surface area contributed by atoms with Gasteiger partial charge in [0.2, 0.25) is 5.91 Å². The van der Waals surface area contributed by atoms with Crippen molar-refractivity contribution in [2.75, 3.05) is 16.0 Å². The first-order chi connectivity index (χ1) is 16.6. The Morgan fingerprint density at radius 1 is 0.647 bits per heavy atom. The highest BCUT2D eigenvalue weighted by Gasteiger charge is 2.22. The fraction of sp³-hybridized carbons (Fsp3) is 0.0714. The molecule has 34 heavy (non-hydrogen) atoms. The monoisotopic (exact) mass is 467 g/mol. The maximum absolute atomic E-state index is 13.2. The number of thioether (sulfide) groups is 1. The fourth-order valence-corrected chi connectivity index (χ4v) is 4.42. The Kier molecular flexibility index (Phi) is 7.63. The zero-order valence-corrected chi connectivity index (χ0v) is 19.5. The molecule has 4 aromatic rings. The van der Waals surface area contributed by atoms with Gasteiger partial charge in [-0.3, -0.25) is 4.79 Å². The van der Waals surface area contributed by atoms with Crippen LogP contribution in [0.15, 0.2) is 114 Å². The van der Waals surface area contributed by atoms with Gasteiger partial charge in [0.05, 0.1) is 0 Å². The number of hydrogen-bond acceptors (Lipinski definition) is 3. The van der Waals surface area contributed by atoms with Crippen molar-refractivity contribution in [3.05, 3.63) is 120 Å². The first-order valence-electron chi connectivity index (χ1n) is 10.9. The molecule has 0 bridgehead atoms. The van der Waals surface area contributed by atoms with Crippen molar-refractivity contribution >= 4 is 40.8 Å². The Morgan fingerprint density at radius 2 is 1.24 bits per heavy atom. The predicted octanol–water partition coefficient (Wildman–Crippen LogP) is 7.11. The van der Waals surface area contributed by atoms with Gasteiger partial charge in [-0.2, -0.15) is 0 Å². The van der Waals surface area contributed by atoms with Gasteiger partial charge in [-0.1, -0.05) is 60.7 Å². The minimum absolute atomic E-state index is 0.0914. The van der Waals surface area contributed by atoms with Crippen LogP contribution >= 0.6 is 11.8 Å². The van der Waals surface area contributed by atoms with Crippen LogP contribution in [0.4, 0.5) is 21.9 Å². The van der Waals surface area contributed by atoms with Crippen LogP contribution in [0.3, 0.4) is 0 Å². The molecular weight excluding hydrogens is 442 g/mol. The molecule has 0 aliphatic rings. The van der Waals surface area contributed by atoms with Crippen LogP contribution in [-0.2, 0) is 4.79 Å². The molecule has 0 saturated heterocycles. The van der Waals surface area contributed by atoms with Gasteiger partial charge < -0.3 is 16.0 Å². The minimum atomic E-state index is -0.429. The average Bonchev–Trinajstić information content (AvgIpc) is 2.84. The molecule has 0 saturated carbocycles. The van der Waals surface area contributed by atoms with Crippen LogP contribution in [0.1, 0.15) is 16.4 Å². The van der Waals surface area contributed by atoms with Crippen molar-refractivity contribution in [2.24, 2.45) is 0 Å². The van der Waals surface area contributed by atoms with Gasteiger partial charge in [0.25, 0.3) is 0 Å². The molecule has 3 N–H and O–H groups in total. The van der Waals surface area contributed by atoms with E-state index in [4.69, 9.17) is 0 Å². The van der Waals surface area contributed by atoms with Gasteiger partial charge in [-0.25, -0.2) is 4.79 Å². The highest BCUT2D eigenvalue weighted by molar-refractivity contribution is 8.00. The number of rotatable bonds is 7. The molecule has 170 valence electrons. The quantitative estimate of drug-likeness (QED) is 0.254. The van der Waals surface area contributed by atoms with Crippen LogP contribution in [0.5, 0.6) is 0 Å². The predicted molar refractivity (Wildman–Crippen MR) is 140 cm³/mol. The number of aryl methyl sites for hydroxylation is 1. The van der Waals surface area contributed by atoms with E-state index in [-0.39, 0.29) is 11.9 Å². The van der Waals surface area contributed by atoms with E-state index >= 15 is 0 Å². The van der Waals surface area contributed by atoms with E-state index in [1.165, 1.54) is 11.8 Å². The van der Waals surface area contributed by atoms with Crippen LogP contribution in [0, 0.1) is 6.92 Å². The van der Waals surface area contributed by atoms with Crippen molar-refractivity contribution in [3.63, 3.8) is 0 Å². The molecule has 1 unspecified atom stereocenters. The van der Waals surface area contributed by atoms with Crippen molar-refractivity contribution < 1.29 is 9.59 Å². The molecule has 1 atom stereocenters. The summed E-state index contributed by atoms with van der Waals surface area (Å²) >= 11 is 1.46. The Morgan fingerprint density at radius 3 is 1.88 bits per heavy atom. The molecular formula is C28H25N3O2S. The Hall–Kier alpha value is -4.03. The number of benzene rings is 4. The Balaban J connectivity index is 1.44. The third-order valence-corrected chi connectivity index (χ3v) is 6.29. The number of anilines is 3. The number of para-hydroxylation sites is 1. The van der Waals surface area contributed by atoms with Gasteiger partial charge in [-0.05, 0) is 66.6 Å². The van der Waals surface area contributed by atoms with E-state index < -0.39 is 5.25 Å². The molecule has 0 aliphatic heterocycles. The number of urea groups is 1. The Labute approximate surface area is 203 Å². The van der Waals surface area contributed by atoms with Crippen LogP contribution in [0.25, 0.3) is 0 Å². The van der Waals surface area contributed by atoms with Crippen LogP contribution < -0.4 is 16.0 Å². The number of amides is 3. The van der Waals surface area contributed by atoms with Gasteiger partial charge in [0, 0.05) is 22.0 Å². The standard InChI is InChI=1S/C28H25N3O2S/c1-20-9-8-14-24(19-20)29-27(32)26(21-10-4-2-5-11-21)34-25-17-15-23(16-18-25)31-28(33)30-22-12-6-3-7-13-22/h2-19,26H,1H3,(H,29,32)(H2,30,31,33). The molecule has 0 fully saturated rings. The number of carbonyl (C=O) groups is 2. The smallest absolute Gasteiger partial charge is 0.323 e. The molecule has 4 aromatic carbocycles. The van der Waals surface area contributed by atoms with Crippen molar-refractivity contribution in [3.8, 4) is 0 Å². The first kappa shape index (κ1) is 23.1. The number of hydrogen-bond donors (Lipinski definition) is 3. The topological polar surface area (TPSA) is 70.2 Å². The Bertz CT molecular complexity index is 1250. The van der Waals surface area contributed by atoms with E-state index in [0.29, 0.717) is 5.69 Å². The second kappa shape index (κ2) is 11.2. The lowest BCUT2D eigenvalue weighted by molar-refractivity contribution is -0.115. The summed E-state index contributed by atoms with van der Waals surface area (Å²) in [6, 6.07) is 33.9. The molecule has 5 nitrogen and oxygen atoms in total. The highest BCUT2D eigenvalue weighted by Crippen LogP contribution is 2.36. The van der Waals surface area contributed by atoms with E-state index in [2.05, 4.69) is 16.0 Å². The second-order valence-corrected chi connectivity index (χ2v) is 8.92. The van der Waals surface area contributed by atoms with E-state index in [1.54, 1.807) is 0 Å². The fourth-order valence-electron chi connectivity index (χ4n) is 3.40. The summed E-state index contributed by atoms with van der Waals surface area (Å²) in [6.45, 7) is 1.99. The third kappa shape index (κ3) is 6.49. The molecule has 0 aromatic heterocycles. The zero-order chi connectivity index (χ0) is 23.8. The molecule has 3 amide bonds. The average molecular weight is 468 g/mol. The second-order valence-electron chi connectivity index (χ2n) is 7.74. The SMILES string of the molecule is Cc1cccc(NC(=O)C(Sc2ccc(NC(=O)Nc3ccccc3)cc2)c2ccccc2)c1. The normalized spacial score (nSPS) is 11.3. The van der Waals surface area contributed by atoms with Crippen molar-refractivity contribution in [1.82, 2.24) is 0 Å². The van der Waals surface area contributed by atoms with Gasteiger partial charge in [-0.15, -0.1) is 11.8 Å². The molecule has 0 radical (unpaired) electrons. The molecule has 0 heterocycles. The maximum atomic E-state index is 13.2. The van der Waals surface area contributed by atoms with E-state index in [9.17, 15) is 9.59 Å².